The van der Waals surface area contributed by atoms with Gasteiger partial charge in [0.25, 0.3) is 0 Å². The summed E-state index contributed by atoms with van der Waals surface area (Å²) in [7, 11) is 1.61. The lowest BCUT2D eigenvalue weighted by molar-refractivity contribution is -0.0802. The molecule has 2 bridgehead atoms. The zero-order chi connectivity index (χ0) is 25.4. The second kappa shape index (κ2) is 9.52. The van der Waals surface area contributed by atoms with Gasteiger partial charge in [0.2, 0.25) is 5.88 Å². The molecule has 8 nitrogen and oxygen atoms in total. The molecular formula is C27H31FN4O4. The molecular weight excluding hydrogens is 463 g/mol. The average molecular weight is 495 g/mol. The Hall–Kier alpha value is -3.49. The predicted octanol–water partition coefficient (Wildman–Crippen LogP) is 5.35. The van der Waals surface area contributed by atoms with Crippen molar-refractivity contribution in [2.24, 2.45) is 0 Å². The van der Waals surface area contributed by atoms with E-state index in [2.05, 4.69) is 15.2 Å². The van der Waals surface area contributed by atoms with Gasteiger partial charge in [-0.05, 0) is 69.7 Å². The number of nitrogens with zero attached hydrogens (tertiary/aromatic N) is 4. The second-order valence-electron chi connectivity index (χ2n) is 10.4. The topological polar surface area (TPSA) is 86.7 Å². The maximum Gasteiger partial charge on any atom is 0.410 e. The lowest BCUT2D eigenvalue weighted by Crippen LogP contribution is -2.63. The number of methoxy groups -OCH3 is 1. The highest BCUT2D eigenvalue weighted by Gasteiger charge is 2.49. The minimum absolute atomic E-state index is 0.126. The molecule has 9 heteroatoms. The maximum atomic E-state index is 15.6. The van der Waals surface area contributed by atoms with Crippen LogP contribution in [0, 0.1) is 0 Å². The standard InChI is InChI=1S/C27H31FN4O4/c1-27(2,3)36-26(33)32-18-6-5-7-21(32)25(28)23(14-18)35-24-9-8-20(30-31-24)19-12-16-10-11-29-15-17(16)13-22(19)34-4/h8-13,15,18,21,23,25H,5-7,14H2,1-4H3. The van der Waals surface area contributed by atoms with Crippen molar-refractivity contribution in [2.75, 3.05) is 7.11 Å². The molecule has 0 N–H and O–H groups in total. The molecule has 190 valence electrons. The number of hydrogen-bond acceptors (Lipinski definition) is 7. The van der Waals surface area contributed by atoms with E-state index in [9.17, 15) is 4.79 Å². The molecule has 0 radical (unpaired) electrons. The number of ether oxygens (including phenoxy) is 3. The first-order valence-electron chi connectivity index (χ1n) is 12.3. The van der Waals surface area contributed by atoms with Crippen molar-refractivity contribution in [2.45, 2.75) is 76.4 Å². The molecule has 0 saturated carbocycles. The van der Waals surface area contributed by atoms with Gasteiger partial charge in [0.15, 0.2) is 6.17 Å². The predicted molar refractivity (Wildman–Crippen MR) is 133 cm³/mol. The minimum atomic E-state index is -1.34. The summed E-state index contributed by atoms with van der Waals surface area (Å²) >= 11 is 0. The van der Waals surface area contributed by atoms with Crippen LogP contribution in [0.5, 0.6) is 11.6 Å². The van der Waals surface area contributed by atoms with Crippen molar-refractivity contribution >= 4 is 16.9 Å². The number of rotatable bonds is 4. The fraction of sp³-hybridized carbons (Fsp3) is 0.481. The number of pyridine rings is 1. The summed E-state index contributed by atoms with van der Waals surface area (Å²) < 4.78 is 32.7. The van der Waals surface area contributed by atoms with Gasteiger partial charge in [0.05, 0.1) is 18.8 Å². The number of alkyl halides is 1. The summed E-state index contributed by atoms with van der Waals surface area (Å²) in [6.07, 6.45) is 3.64. The van der Waals surface area contributed by atoms with Gasteiger partial charge in [-0.3, -0.25) is 9.88 Å². The maximum absolute atomic E-state index is 15.6. The third-order valence-corrected chi connectivity index (χ3v) is 6.77. The van der Waals surface area contributed by atoms with Crippen molar-refractivity contribution in [3.63, 3.8) is 0 Å². The Morgan fingerprint density at radius 1 is 1.11 bits per heavy atom. The number of fused-ring (bicyclic) bond motifs is 3. The summed E-state index contributed by atoms with van der Waals surface area (Å²) in [6.45, 7) is 5.45. The highest BCUT2D eigenvalue weighted by molar-refractivity contribution is 5.89. The SMILES string of the molecule is COc1cc2cnccc2cc1-c1ccc(OC2CC3CCCC(C2F)N3C(=O)OC(C)(C)C)nn1. The molecule has 36 heavy (non-hydrogen) atoms. The Morgan fingerprint density at radius 2 is 1.94 bits per heavy atom. The van der Waals surface area contributed by atoms with Crippen LogP contribution in [0.3, 0.4) is 0 Å². The molecule has 4 heterocycles. The van der Waals surface area contributed by atoms with Gasteiger partial charge in [-0.2, -0.15) is 0 Å². The molecule has 1 amide bonds. The molecule has 2 saturated heterocycles. The van der Waals surface area contributed by atoms with Crippen LogP contribution in [-0.2, 0) is 4.74 Å². The van der Waals surface area contributed by atoms with Gasteiger partial charge in [0.1, 0.15) is 17.5 Å². The van der Waals surface area contributed by atoms with E-state index in [0.717, 1.165) is 29.2 Å². The van der Waals surface area contributed by atoms with E-state index in [-0.39, 0.29) is 11.9 Å². The molecule has 1 aromatic carbocycles. The van der Waals surface area contributed by atoms with Crippen LogP contribution in [0.25, 0.3) is 22.0 Å². The highest BCUT2D eigenvalue weighted by atomic mass is 19.1. The van der Waals surface area contributed by atoms with Gasteiger partial charge in [0, 0.05) is 41.9 Å². The van der Waals surface area contributed by atoms with Crippen LogP contribution in [0.1, 0.15) is 46.5 Å². The van der Waals surface area contributed by atoms with E-state index in [0.29, 0.717) is 24.3 Å². The second-order valence-corrected chi connectivity index (χ2v) is 10.4. The average Bonchev–Trinajstić information content (AvgIpc) is 2.85. The summed E-state index contributed by atoms with van der Waals surface area (Å²) in [5, 5.41) is 10.5. The third kappa shape index (κ3) is 4.79. The molecule has 0 spiro atoms. The van der Waals surface area contributed by atoms with E-state index in [4.69, 9.17) is 14.2 Å². The van der Waals surface area contributed by atoms with Crippen LogP contribution in [0.4, 0.5) is 9.18 Å². The van der Waals surface area contributed by atoms with Gasteiger partial charge in [-0.1, -0.05) is 0 Å². The normalized spacial score (nSPS) is 23.9. The first kappa shape index (κ1) is 24.2. The Kier molecular flexibility index (Phi) is 6.40. The molecule has 3 aromatic rings. The monoisotopic (exact) mass is 494 g/mol. The Balaban J connectivity index is 1.33. The third-order valence-electron chi connectivity index (χ3n) is 6.77. The fourth-order valence-electron chi connectivity index (χ4n) is 5.18. The summed E-state index contributed by atoms with van der Waals surface area (Å²) in [4.78, 5) is 18.6. The van der Waals surface area contributed by atoms with E-state index in [1.54, 1.807) is 36.5 Å². The van der Waals surface area contributed by atoms with E-state index in [1.165, 1.54) is 0 Å². The van der Waals surface area contributed by atoms with Gasteiger partial charge >= 0.3 is 6.09 Å². The van der Waals surface area contributed by atoms with E-state index >= 15 is 4.39 Å². The lowest BCUT2D eigenvalue weighted by atomic mass is 9.82. The fourth-order valence-corrected chi connectivity index (χ4v) is 5.18. The number of hydrogen-bond donors (Lipinski definition) is 0. The largest absolute Gasteiger partial charge is 0.496 e. The van der Waals surface area contributed by atoms with Crippen molar-refractivity contribution in [3.8, 4) is 22.9 Å². The van der Waals surface area contributed by atoms with Crippen molar-refractivity contribution in [3.05, 3.63) is 42.7 Å². The number of carbonyl (C=O) groups is 1. The molecule has 2 fully saturated rings. The smallest absolute Gasteiger partial charge is 0.410 e. The van der Waals surface area contributed by atoms with Gasteiger partial charge in [-0.25, -0.2) is 9.18 Å². The molecule has 5 rings (SSSR count). The molecule has 2 aliphatic heterocycles. The van der Waals surface area contributed by atoms with Crippen LogP contribution in [-0.4, -0.2) is 63.2 Å². The number of benzene rings is 1. The van der Waals surface area contributed by atoms with Crippen molar-refractivity contribution < 1.29 is 23.4 Å². The van der Waals surface area contributed by atoms with Crippen LogP contribution < -0.4 is 9.47 Å². The van der Waals surface area contributed by atoms with E-state index < -0.39 is 30.0 Å². The Morgan fingerprint density at radius 3 is 2.67 bits per heavy atom. The number of piperidine rings is 2. The first-order valence-corrected chi connectivity index (χ1v) is 12.3. The van der Waals surface area contributed by atoms with Crippen molar-refractivity contribution in [1.29, 1.82) is 0 Å². The Labute approximate surface area is 209 Å². The van der Waals surface area contributed by atoms with Gasteiger partial charge in [-0.15, -0.1) is 10.2 Å². The summed E-state index contributed by atoms with van der Waals surface area (Å²) in [5.74, 6) is 0.906. The van der Waals surface area contributed by atoms with Crippen LogP contribution in [0.2, 0.25) is 0 Å². The Bertz CT molecular complexity index is 1250. The quantitative estimate of drug-likeness (QED) is 0.483. The molecule has 2 aromatic heterocycles. The number of carbonyl (C=O) groups excluding carboxylic acids is 1. The summed E-state index contributed by atoms with van der Waals surface area (Å²) in [5.41, 5.74) is 0.775. The first-order chi connectivity index (χ1) is 17.2. The minimum Gasteiger partial charge on any atom is -0.496 e. The van der Waals surface area contributed by atoms with Crippen LogP contribution >= 0.6 is 0 Å². The number of aromatic nitrogens is 3. The van der Waals surface area contributed by atoms with Gasteiger partial charge < -0.3 is 14.2 Å². The zero-order valence-electron chi connectivity index (χ0n) is 21.0. The van der Waals surface area contributed by atoms with E-state index in [1.807, 2.05) is 39.0 Å². The number of amides is 1. The van der Waals surface area contributed by atoms with Crippen molar-refractivity contribution in [1.82, 2.24) is 20.1 Å². The molecule has 0 aliphatic carbocycles. The molecule has 4 unspecified atom stereocenters. The molecule has 4 atom stereocenters. The number of halogens is 1. The summed E-state index contributed by atoms with van der Waals surface area (Å²) in [6, 6.07) is 8.60. The van der Waals surface area contributed by atoms with Crippen LogP contribution in [0.15, 0.2) is 42.7 Å². The lowest BCUT2D eigenvalue weighted by Gasteiger charge is -2.49. The highest BCUT2D eigenvalue weighted by Crippen LogP contribution is 2.38. The zero-order valence-corrected chi connectivity index (χ0v) is 21.0. The molecule has 2 aliphatic rings.